The van der Waals surface area contributed by atoms with Gasteiger partial charge in [-0.05, 0) is 37.1 Å². The van der Waals surface area contributed by atoms with Crippen LogP contribution < -0.4 is 0 Å². The molecule has 0 fully saturated rings. The molecule has 0 aliphatic heterocycles. The minimum Gasteiger partial charge on any atom is -0.342 e. The third-order valence-electron chi connectivity index (χ3n) is 3.49. The molecule has 1 aliphatic carbocycles. The highest BCUT2D eigenvalue weighted by Crippen LogP contribution is 2.49. The van der Waals surface area contributed by atoms with E-state index < -0.39 is 5.79 Å². The fraction of sp³-hybridized carbons (Fsp3) is 0.294. The minimum atomic E-state index is -0.759. The third kappa shape index (κ3) is 1.71. The summed E-state index contributed by atoms with van der Waals surface area (Å²) in [5.74, 6) is -0.759. The Morgan fingerprint density at radius 1 is 0.947 bits per heavy atom. The molecule has 0 N–H and O–H groups in total. The Bertz CT molecular complexity index is 536. The second kappa shape index (κ2) is 4.80. The van der Waals surface area contributed by atoms with Crippen molar-refractivity contribution in [3.05, 3.63) is 59.7 Å². The van der Waals surface area contributed by atoms with Gasteiger partial charge in [-0.1, -0.05) is 36.4 Å². The van der Waals surface area contributed by atoms with Crippen molar-refractivity contribution in [2.24, 2.45) is 0 Å². The summed E-state index contributed by atoms with van der Waals surface area (Å²) in [5.41, 5.74) is 4.50. The first kappa shape index (κ1) is 12.4. The van der Waals surface area contributed by atoms with Crippen LogP contribution in [0.15, 0.2) is 42.5 Å². The summed E-state index contributed by atoms with van der Waals surface area (Å²) >= 11 is 0. The molecule has 1 aliphatic rings. The number of hydrogen-bond acceptors (Lipinski definition) is 2. The molecule has 0 bridgehead atoms. The quantitative estimate of drug-likeness (QED) is 0.773. The standard InChI is InChI=1S/C17H17O2/c1-3-18-17(19-4-2)15-11-7-5-9-13(15)14-10-6-8-12-16(14)17/h5,7-12H,3-4H2,1-2H3. The second-order valence-corrected chi connectivity index (χ2v) is 4.50. The Kier molecular flexibility index (Phi) is 3.13. The van der Waals surface area contributed by atoms with Gasteiger partial charge in [-0.25, -0.2) is 0 Å². The number of fused-ring (bicyclic) bond motifs is 3. The average Bonchev–Trinajstić information content (AvgIpc) is 2.72. The number of hydrogen-bond donors (Lipinski definition) is 0. The van der Waals surface area contributed by atoms with Gasteiger partial charge in [0, 0.05) is 24.3 Å². The number of rotatable bonds is 4. The van der Waals surface area contributed by atoms with Crippen LogP contribution in [0.25, 0.3) is 11.1 Å². The lowest BCUT2D eigenvalue weighted by Crippen LogP contribution is -2.32. The molecule has 1 radical (unpaired) electrons. The summed E-state index contributed by atoms with van der Waals surface area (Å²) in [6.45, 7) is 5.20. The number of benzene rings is 2. The average molecular weight is 253 g/mol. The van der Waals surface area contributed by atoms with E-state index in [9.17, 15) is 0 Å². The van der Waals surface area contributed by atoms with Gasteiger partial charge in [-0.2, -0.15) is 0 Å². The first-order chi connectivity index (χ1) is 9.33. The van der Waals surface area contributed by atoms with Crippen LogP contribution in [0.5, 0.6) is 0 Å². The zero-order chi connectivity index (χ0) is 13.3. The van der Waals surface area contributed by atoms with Gasteiger partial charge in [-0.3, -0.25) is 0 Å². The van der Waals surface area contributed by atoms with E-state index in [1.807, 2.05) is 44.2 Å². The summed E-state index contributed by atoms with van der Waals surface area (Å²) < 4.78 is 12.1. The van der Waals surface area contributed by atoms with Crippen LogP contribution >= 0.6 is 0 Å². The van der Waals surface area contributed by atoms with Crippen molar-refractivity contribution >= 4 is 0 Å². The van der Waals surface area contributed by atoms with Crippen LogP contribution in [-0.2, 0) is 15.3 Å². The molecule has 0 unspecified atom stereocenters. The van der Waals surface area contributed by atoms with Crippen LogP contribution in [0.2, 0.25) is 0 Å². The van der Waals surface area contributed by atoms with Crippen LogP contribution in [0.1, 0.15) is 25.0 Å². The molecule has 0 saturated carbocycles. The van der Waals surface area contributed by atoms with Gasteiger partial charge in [0.1, 0.15) is 0 Å². The van der Waals surface area contributed by atoms with Gasteiger partial charge in [-0.15, -0.1) is 0 Å². The summed E-state index contributed by atoms with van der Waals surface area (Å²) in [6, 6.07) is 17.4. The van der Waals surface area contributed by atoms with Crippen molar-refractivity contribution in [2.75, 3.05) is 13.2 Å². The Labute approximate surface area is 114 Å². The fourth-order valence-corrected chi connectivity index (χ4v) is 2.85. The second-order valence-electron chi connectivity index (χ2n) is 4.50. The van der Waals surface area contributed by atoms with Crippen molar-refractivity contribution in [1.82, 2.24) is 0 Å². The molecule has 2 aromatic carbocycles. The predicted molar refractivity (Wildman–Crippen MR) is 74.7 cm³/mol. The lowest BCUT2D eigenvalue weighted by Gasteiger charge is -2.31. The minimum absolute atomic E-state index is 0.604. The smallest absolute Gasteiger partial charge is 0.223 e. The molecule has 0 spiro atoms. The van der Waals surface area contributed by atoms with Crippen LogP contribution in [0.3, 0.4) is 0 Å². The number of ether oxygens (including phenoxy) is 2. The molecule has 0 aromatic heterocycles. The van der Waals surface area contributed by atoms with Gasteiger partial charge >= 0.3 is 0 Å². The van der Waals surface area contributed by atoms with Gasteiger partial charge in [0.25, 0.3) is 0 Å². The summed E-state index contributed by atoms with van der Waals surface area (Å²) in [4.78, 5) is 0. The zero-order valence-corrected chi connectivity index (χ0v) is 11.3. The molecular formula is C17H17O2. The lowest BCUT2D eigenvalue weighted by atomic mass is 10.0. The van der Waals surface area contributed by atoms with Crippen molar-refractivity contribution in [1.29, 1.82) is 0 Å². The van der Waals surface area contributed by atoms with Crippen molar-refractivity contribution in [3.8, 4) is 11.1 Å². The zero-order valence-electron chi connectivity index (χ0n) is 11.3. The summed E-state index contributed by atoms with van der Waals surface area (Å²) in [6.07, 6.45) is 0. The Balaban J connectivity index is 2.28. The fourth-order valence-electron chi connectivity index (χ4n) is 2.85. The first-order valence-corrected chi connectivity index (χ1v) is 6.72. The van der Waals surface area contributed by atoms with E-state index in [2.05, 4.69) is 18.2 Å². The van der Waals surface area contributed by atoms with Gasteiger partial charge < -0.3 is 9.47 Å². The molecule has 2 heteroatoms. The molecule has 0 amide bonds. The molecule has 0 saturated heterocycles. The van der Waals surface area contributed by atoms with Crippen molar-refractivity contribution < 1.29 is 9.47 Å². The molecule has 2 nitrogen and oxygen atoms in total. The van der Waals surface area contributed by atoms with Crippen molar-refractivity contribution in [2.45, 2.75) is 19.6 Å². The van der Waals surface area contributed by atoms with E-state index in [-0.39, 0.29) is 0 Å². The molecule has 3 rings (SSSR count). The third-order valence-corrected chi connectivity index (χ3v) is 3.49. The Morgan fingerprint density at radius 3 is 2.37 bits per heavy atom. The van der Waals surface area contributed by atoms with Gasteiger partial charge in [0.2, 0.25) is 5.79 Å². The normalized spacial score (nSPS) is 15.1. The van der Waals surface area contributed by atoms with E-state index in [0.29, 0.717) is 13.2 Å². The van der Waals surface area contributed by atoms with E-state index in [1.54, 1.807) is 0 Å². The maximum Gasteiger partial charge on any atom is 0.223 e. The highest BCUT2D eigenvalue weighted by molar-refractivity contribution is 5.79. The van der Waals surface area contributed by atoms with Crippen molar-refractivity contribution in [3.63, 3.8) is 0 Å². The highest BCUT2D eigenvalue weighted by atomic mass is 16.7. The molecular weight excluding hydrogens is 236 g/mol. The SMILES string of the molecule is CCOC1(OCC)c2cc[c]cc2-c2ccccc21. The highest BCUT2D eigenvalue weighted by Gasteiger charge is 2.44. The van der Waals surface area contributed by atoms with Crippen LogP contribution in [0, 0.1) is 6.07 Å². The topological polar surface area (TPSA) is 18.5 Å². The predicted octanol–water partition coefficient (Wildman–Crippen LogP) is 3.74. The van der Waals surface area contributed by atoms with Crippen LogP contribution in [-0.4, -0.2) is 13.2 Å². The van der Waals surface area contributed by atoms with E-state index in [0.717, 1.165) is 16.7 Å². The van der Waals surface area contributed by atoms with Crippen LogP contribution in [0.4, 0.5) is 0 Å². The first-order valence-electron chi connectivity index (χ1n) is 6.72. The molecule has 19 heavy (non-hydrogen) atoms. The molecule has 97 valence electrons. The van der Waals surface area contributed by atoms with E-state index in [4.69, 9.17) is 9.47 Å². The maximum atomic E-state index is 6.05. The Morgan fingerprint density at radius 2 is 1.63 bits per heavy atom. The Hall–Kier alpha value is -1.64. The summed E-state index contributed by atoms with van der Waals surface area (Å²) in [7, 11) is 0. The van der Waals surface area contributed by atoms with Gasteiger partial charge in [0.05, 0.1) is 0 Å². The largest absolute Gasteiger partial charge is 0.342 e. The maximum absolute atomic E-state index is 6.05. The monoisotopic (exact) mass is 253 g/mol. The molecule has 0 atom stereocenters. The van der Waals surface area contributed by atoms with E-state index in [1.165, 1.54) is 5.56 Å². The van der Waals surface area contributed by atoms with E-state index >= 15 is 0 Å². The summed E-state index contributed by atoms with van der Waals surface area (Å²) in [5, 5.41) is 0. The molecule has 2 aromatic rings. The molecule has 0 heterocycles. The lowest BCUT2D eigenvalue weighted by molar-refractivity contribution is -0.210. The van der Waals surface area contributed by atoms with Gasteiger partial charge in [0.15, 0.2) is 0 Å².